The van der Waals surface area contributed by atoms with Crippen LogP contribution in [0.25, 0.3) is 10.8 Å². The molecule has 0 unspecified atom stereocenters. The Morgan fingerprint density at radius 2 is 1.64 bits per heavy atom. The van der Waals surface area contributed by atoms with Gasteiger partial charge in [-0.3, -0.25) is 9.80 Å². The zero-order valence-corrected chi connectivity index (χ0v) is 14.7. The summed E-state index contributed by atoms with van der Waals surface area (Å²) in [6.45, 7) is 4.47. The van der Waals surface area contributed by atoms with Gasteiger partial charge < -0.3 is 10.2 Å². The first-order valence-electron chi connectivity index (χ1n) is 9.49. The number of piperidine rings is 2. The Labute approximate surface area is 149 Å². The van der Waals surface area contributed by atoms with Crippen LogP contribution in [0.1, 0.15) is 24.8 Å². The van der Waals surface area contributed by atoms with E-state index in [2.05, 4.69) is 52.3 Å². The summed E-state index contributed by atoms with van der Waals surface area (Å²) in [5.41, 5.74) is 1.31. The van der Waals surface area contributed by atoms with Crippen LogP contribution in [-0.4, -0.2) is 64.4 Å². The number of nitrogens with zero attached hydrogens (tertiary/aromatic N) is 2. The quantitative estimate of drug-likeness (QED) is 0.900. The average Bonchev–Trinajstić information content (AvgIpc) is 2.63. The highest BCUT2D eigenvalue weighted by atomic mass is 16.3. The topological polar surface area (TPSA) is 46.9 Å². The molecule has 4 heteroatoms. The minimum Gasteiger partial charge on any atom is -0.393 e. The number of aliphatic hydroxyl groups is 2. The second-order valence-corrected chi connectivity index (χ2v) is 7.61. The lowest BCUT2D eigenvalue weighted by atomic mass is 9.96. The largest absolute Gasteiger partial charge is 0.393 e. The van der Waals surface area contributed by atoms with E-state index < -0.39 is 0 Å². The fraction of sp³-hybridized carbons (Fsp3) is 0.524. The average molecular weight is 340 g/mol. The highest BCUT2D eigenvalue weighted by Crippen LogP contribution is 2.23. The third-order valence-corrected chi connectivity index (χ3v) is 5.82. The van der Waals surface area contributed by atoms with Gasteiger partial charge in [-0.1, -0.05) is 36.4 Å². The van der Waals surface area contributed by atoms with Crippen molar-refractivity contribution in [1.82, 2.24) is 9.80 Å². The van der Waals surface area contributed by atoms with Crippen LogP contribution in [0, 0.1) is 0 Å². The smallest absolute Gasteiger partial charge is 0.0822 e. The van der Waals surface area contributed by atoms with Crippen LogP contribution < -0.4 is 0 Å². The summed E-state index contributed by atoms with van der Waals surface area (Å²) in [6, 6.07) is 15.4. The first-order valence-corrected chi connectivity index (χ1v) is 9.49. The molecule has 0 aliphatic carbocycles. The van der Waals surface area contributed by atoms with Crippen LogP contribution in [0.2, 0.25) is 0 Å². The van der Waals surface area contributed by atoms with Gasteiger partial charge in [0.15, 0.2) is 0 Å². The van der Waals surface area contributed by atoms with E-state index >= 15 is 0 Å². The van der Waals surface area contributed by atoms with Crippen LogP contribution in [0.3, 0.4) is 0 Å². The van der Waals surface area contributed by atoms with Gasteiger partial charge in [-0.05, 0) is 41.7 Å². The molecule has 4 nitrogen and oxygen atoms in total. The minimum atomic E-state index is -0.301. The third-order valence-electron chi connectivity index (χ3n) is 5.82. The van der Waals surface area contributed by atoms with Crippen molar-refractivity contribution < 1.29 is 10.2 Å². The number of hydrogen-bond donors (Lipinski definition) is 2. The van der Waals surface area contributed by atoms with Gasteiger partial charge in [-0.25, -0.2) is 0 Å². The molecular formula is C21H28N2O2. The Bertz CT molecular complexity index is 712. The van der Waals surface area contributed by atoms with Gasteiger partial charge >= 0.3 is 0 Å². The molecule has 0 spiro atoms. The zero-order chi connectivity index (χ0) is 17.2. The zero-order valence-electron chi connectivity index (χ0n) is 14.7. The monoisotopic (exact) mass is 340 g/mol. The molecule has 2 fully saturated rings. The Morgan fingerprint density at radius 3 is 2.40 bits per heavy atom. The number of aliphatic hydroxyl groups excluding tert-OH is 2. The molecule has 2 saturated heterocycles. The van der Waals surface area contributed by atoms with E-state index in [1.807, 2.05) is 0 Å². The lowest BCUT2D eigenvalue weighted by molar-refractivity contribution is -0.0355. The number of likely N-dealkylation sites (tertiary alicyclic amines) is 2. The molecular weight excluding hydrogens is 312 g/mol. The Balaban J connectivity index is 1.37. The fourth-order valence-corrected chi connectivity index (χ4v) is 4.37. The van der Waals surface area contributed by atoms with Crippen LogP contribution in [-0.2, 0) is 6.54 Å². The summed E-state index contributed by atoms with van der Waals surface area (Å²) in [5, 5.41) is 22.9. The van der Waals surface area contributed by atoms with Crippen LogP contribution in [0.15, 0.2) is 42.5 Å². The van der Waals surface area contributed by atoms with Gasteiger partial charge in [-0.15, -0.1) is 0 Å². The number of β-amino-alcohol motifs (C(OH)–C–C–N with tert-alkyl or cyclic N) is 1. The Hall–Kier alpha value is -1.46. The highest BCUT2D eigenvalue weighted by molar-refractivity contribution is 5.82. The first-order chi connectivity index (χ1) is 12.2. The van der Waals surface area contributed by atoms with Gasteiger partial charge in [-0.2, -0.15) is 0 Å². The summed E-state index contributed by atoms with van der Waals surface area (Å²) >= 11 is 0. The Morgan fingerprint density at radius 1 is 0.880 bits per heavy atom. The van der Waals surface area contributed by atoms with Gasteiger partial charge in [0.05, 0.1) is 12.2 Å². The summed E-state index contributed by atoms with van der Waals surface area (Å²) in [4.78, 5) is 4.74. The summed E-state index contributed by atoms with van der Waals surface area (Å²) < 4.78 is 0. The molecule has 25 heavy (non-hydrogen) atoms. The predicted molar refractivity (Wildman–Crippen MR) is 100 cm³/mol. The van der Waals surface area contributed by atoms with E-state index in [0.717, 1.165) is 52.0 Å². The van der Waals surface area contributed by atoms with E-state index in [1.54, 1.807) is 0 Å². The van der Waals surface area contributed by atoms with Crippen molar-refractivity contribution in [2.45, 2.75) is 44.1 Å². The predicted octanol–water partition coefficient (Wildman–Crippen LogP) is 2.23. The van der Waals surface area contributed by atoms with Crippen molar-refractivity contribution in [2.24, 2.45) is 0 Å². The van der Waals surface area contributed by atoms with E-state index in [9.17, 15) is 10.2 Å². The van der Waals surface area contributed by atoms with Gasteiger partial charge in [0, 0.05) is 38.8 Å². The number of fused-ring (bicyclic) bond motifs is 1. The van der Waals surface area contributed by atoms with E-state index in [4.69, 9.17) is 0 Å². The van der Waals surface area contributed by atoms with Crippen molar-refractivity contribution in [3.8, 4) is 0 Å². The Kier molecular flexibility index (Phi) is 5.04. The molecule has 2 aromatic carbocycles. The molecule has 0 saturated carbocycles. The van der Waals surface area contributed by atoms with E-state index in [0.29, 0.717) is 0 Å². The maximum Gasteiger partial charge on any atom is 0.0822 e. The van der Waals surface area contributed by atoms with Crippen LogP contribution in [0.5, 0.6) is 0 Å². The number of hydrogen-bond acceptors (Lipinski definition) is 4. The molecule has 2 aliphatic heterocycles. The standard InChI is InChI=1S/C21H28N2O2/c24-19-7-11-23(12-8-19)20-9-10-22(15-21(20)25)14-16-5-6-17-3-1-2-4-18(17)13-16/h1-6,13,19-21,24-25H,7-12,14-15H2/t20-,21-/m1/s1. The molecule has 0 radical (unpaired) electrons. The summed E-state index contributed by atoms with van der Waals surface area (Å²) in [5.74, 6) is 0. The highest BCUT2D eigenvalue weighted by Gasteiger charge is 2.33. The normalized spacial score (nSPS) is 27.0. The van der Waals surface area contributed by atoms with E-state index in [-0.39, 0.29) is 18.2 Å². The molecule has 0 aromatic heterocycles. The lowest BCUT2D eigenvalue weighted by Crippen LogP contribution is -2.55. The maximum atomic E-state index is 10.7. The fourth-order valence-electron chi connectivity index (χ4n) is 4.37. The van der Waals surface area contributed by atoms with Crippen molar-refractivity contribution >= 4 is 10.8 Å². The molecule has 2 atom stereocenters. The second-order valence-electron chi connectivity index (χ2n) is 7.61. The van der Waals surface area contributed by atoms with Crippen LogP contribution >= 0.6 is 0 Å². The summed E-state index contributed by atoms with van der Waals surface area (Å²) in [6.07, 6.45) is 2.23. The van der Waals surface area contributed by atoms with Crippen molar-refractivity contribution in [3.05, 3.63) is 48.0 Å². The minimum absolute atomic E-state index is 0.151. The SMILES string of the molecule is OC1CCN([C@@H]2CCN(Cc3ccc4ccccc4c3)C[C@H]2O)CC1. The number of benzene rings is 2. The number of rotatable bonds is 3. The molecule has 2 aromatic rings. The van der Waals surface area contributed by atoms with Crippen molar-refractivity contribution in [3.63, 3.8) is 0 Å². The molecule has 134 valence electrons. The molecule has 2 N–H and O–H groups in total. The van der Waals surface area contributed by atoms with Crippen LogP contribution in [0.4, 0.5) is 0 Å². The van der Waals surface area contributed by atoms with Gasteiger partial charge in [0.2, 0.25) is 0 Å². The third kappa shape index (κ3) is 3.87. The molecule has 2 aliphatic rings. The van der Waals surface area contributed by atoms with E-state index in [1.165, 1.54) is 16.3 Å². The van der Waals surface area contributed by atoms with Crippen molar-refractivity contribution in [2.75, 3.05) is 26.2 Å². The first kappa shape index (κ1) is 17.0. The molecule has 4 rings (SSSR count). The van der Waals surface area contributed by atoms with Crippen molar-refractivity contribution in [1.29, 1.82) is 0 Å². The molecule has 0 amide bonds. The molecule has 0 bridgehead atoms. The van der Waals surface area contributed by atoms with Gasteiger partial charge in [0.1, 0.15) is 0 Å². The molecule has 2 heterocycles. The second kappa shape index (κ2) is 7.42. The lowest BCUT2D eigenvalue weighted by Gasteiger charge is -2.43. The maximum absolute atomic E-state index is 10.7. The van der Waals surface area contributed by atoms with Gasteiger partial charge in [0.25, 0.3) is 0 Å². The summed E-state index contributed by atoms with van der Waals surface area (Å²) in [7, 11) is 0.